The second kappa shape index (κ2) is 9.02. The molecule has 3 aromatic rings. The lowest BCUT2D eigenvalue weighted by Crippen LogP contribution is -2.29. The zero-order valence-corrected chi connectivity index (χ0v) is 17.9. The van der Waals surface area contributed by atoms with Crippen molar-refractivity contribution in [2.75, 3.05) is 13.7 Å². The Hall–Kier alpha value is -2.64. The van der Waals surface area contributed by atoms with Crippen LogP contribution < -0.4 is 5.56 Å². The molecule has 2 heterocycles. The molecule has 2 aromatic carbocycles. The Morgan fingerprint density at radius 3 is 2.77 bits per heavy atom. The molecular formula is C23H24N2O4S. The van der Waals surface area contributed by atoms with Gasteiger partial charge < -0.3 is 9.47 Å². The first-order valence-electron chi connectivity index (χ1n) is 9.98. The molecule has 7 heteroatoms. The van der Waals surface area contributed by atoms with E-state index in [0.29, 0.717) is 33.9 Å². The smallest absolute Gasteiger partial charge is 0.337 e. The van der Waals surface area contributed by atoms with Crippen LogP contribution in [0.5, 0.6) is 0 Å². The van der Waals surface area contributed by atoms with Gasteiger partial charge in [-0.3, -0.25) is 9.36 Å². The van der Waals surface area contributed by atoms with Crippen LogP contribution >= 0.6 is 11.8 Å². The van der Waals surface area contributed by atoms with Crippen LogP contribution in [0.4, 0.5) is 0 Å². The third-order valence-corrected chi connectivity index (χ3v) is 6.29. The summed E-state index contributed by atoms with van der Waals surface area (Å²) in [7, 11) is 1.34. The van der Waals surface area contributed by atoms with Crippen molar-refractivity contribution in [3.63, 3.8) is 0 Å². The Kier molecular flexibility index (Phi) is 6.20. The summed E-state index contributed by atoms with van der Waals surface area (Å²) in [4.78, 5) is 29.9. The summed E-state index contributed by atoms with van der Waals surface area (Å²) in [5, 5.41) is 1.12. The van der Waals surface area contributed by atoms with Gasteiger partial charge in [0.25, 0.3) is 5.56 Å². The second-order valence-corrected chi connectivity index (χ2v) is 8.39. The van der Waals surface area contributed by atoms with E-state index < -0.39 is 5.97 Å². The number of esters is 1. The summed E-state index contributed by atoms with van der Waals surface area (Å²) in [5.41, 5.74) is 3.13. The number of benzene rings is 2. The van der Waals surface area contributed by atoms with E-state index in [1.807, 2.05) is 0 Å². The number of hydrogen-bond acceptors (Lipinski definition) is 6. The molecule has 6 nitrogen and oxygen atoms in total. The summed E-state index contributed by atoms with van der Waals surface area (Å²) >= 11 is 1.52. The summed E-state index contributed by atoms with van der Waals surface area (Å²) in [6.45, 7) is 3.27. The lowest BCUT2D eigenvalue weighted by Gasteiger charge is -2.16. The molecule has 1 atom stereocenters. The predicted octanol–water partition coefficient (Wildman–Crippen LogP) is 3.96. The van der Waals surface area contributed by atoms with Crippen LogP contribution in [0.2, 0.25) is 0 Å². The lowest BCUT2D eigenvalue weighted by atomic mass is 10.1. The van der Waals surface area contributed by atoms with Crippen LogP contribution in [0, 0.1) is 6.92 Å². The van der Waals surface area contributed by atoms with Gasteiger partial charge in [-0.25, -0.2) is 9.78 Å². The van der Waals surface area contributed by atoms with E-state index in [2.05, 4.69) is 31.2 Å². The zero-order chi connectivity index (χ0) is 21.1. The Balaban J connectivity index is 1.73. The van der Waals surface area contributed by atoms with Gasteiger partial charge >= 0.3 is 5.97 Å². The van der Waals surface area contributed by atoms with Crippen molar-refractivity contribution in [1.82, 2.24) is 9.55 Å². The van der Waals surface area contributed by atoms with Crippen LogP contribution in [0.15, 0.2) is 52.4 Å². The number of carbonyl (C=O) groups excluding carboxylic acids is 1. The SMILES string of the molecule is COC(=O)c1ccc2c(=O)n(CC3CCCO3)c(SCc3ccc(C)cc3)nc2c1. The normalized spacial score (nSPS) is 16.1. The van der Waals surface area contributed by atoms with E-state index in [1.165, 1.54) is 24.4 Å². The molecule has 0 amide bonds. The molecule has 0 radical (unpaired) electrons. The number of ether oxygens (including phenoxy) is 2. The number of aromatic nitrogens is 2. The van der Waals surface area contributed by atoms with E-state index in [-0.39, 0.29) is 11.7 Å². The molecular weight excluding hydrogens is 400 g/mol. The van der Waals surface area contributed by atoms with Crippen molar-refractivity contribution in [3.05, 3.63) is 69.5 Å². The van der Waals surface area contributed by atoms with Crippen LogP contribution in [-0.4, -0.2) is 35.3 Å². The van der Waals surface area contributed by atoms with Gasteiger partial charge in [0.15, 0.2) is 5.16 Å². The molecule has 0 aliphatic carbocycles. The number of aryl methyl sites for hydroxylation is 1. The molecule has 0 N–H and O–H groups in total. The van der Waals surface area contributed by atoms with Crippen LogP contribution in [0.25, 0.3) is 10.9 Å². The van der Waals surface area contributed by atoms with E-state index in [0.717, 1.165) is 25.0 Å². The first kappa shape index (κ1) is 20.6. The fourth-order valence-electron chi connectivity index (χ4n) is 3.54. The molecule has 1 aromatic heterocycles. The van der Waals surface area contributed by atoms with Gasteiger partial charge in [0, 0.05) is 12.4 Å². The largest absolute Gasteiger partial charge is 0.465 e. The van der Waals surface area contributed by atoms with Crippen molar-refractivity contribution >= 4 is 28.6 Å². The minimum atomic E-state index is -0.448. The molecule has 1 fully saturated rings. The number of fused-ring (bicyclic) bond motifs is 1. The molecule has 1 unspecified atom stereocenters. The third kappa shape index (κ3) is 4.42. The first-order chi connectivity index (χ1) is 14.5. The van der Waals surface area contributed by atoms with Gasteiger partial charge in [0.1, 0.15) is 0 Å². The van der Waals surface area contributed by atoms with Gasteiger partial charge in [0.2, 0.25) is 0 Å². The van der Waals surface area contributed by atoms with Crippen molar-refractivity contribution in [2.24, 2.45) is 0 Å². The topological polar surface area (TPSA) is 70.4 Å². The van der Waals surface area contributed by atoms with Crippen molar-refractivity contribution in [1.29, 1.82) is 0 Å². The second-order valence-electron chi connectivity index (χ2n) is 7.44. The van der Waals surface area contributed by atoms with Gasteiger partial charge in [-0.2, -0.15) is 0 Å². The minimum absolute atomic E-state index is 0.0232. The quantitative estimate of drug-likeness (QED) is 0.339. The number of nitrogens with zero attached hydrogens (tertiary/aromatic N) is 2. The number of carbonyl (C=O) groups is 1. The van der Waals surface area contributed by atoms with Gasteiger partial charge in [-0.05, 0) is 43.5 Å². The van der Waals surface area contributed by atoms with Gasteiger partial charge in [-0.15, -0.1) is 0 Å². The highest BCUT2D eigenvalue weighted by molar-refractivity contribution is 7.98. The monoisotopic (exact) mass is 424 g/mol. The van der Waals surface area contributed by atoms with Crippen LogP contribution in [-0.2, 0) is 21.8 Å². The summed E-state index contributed by atoms with van der Waals surface area (Å²) < 4.78 is 12.3. The molecule has 0 saturated carbocycles. The fourth-order valence-corrected chi connectivity index (χ4v) is 4.51. The summed E-state index contributed by atoms with van der Waals surface area (Å²) in [6, 6.07) is 13.2. The van der Waals surface area contributed by atoms with Crippen LogP contribution in [0.3, 0.4) is 0 Å². The highest BCUT2D eigenvalue weighted by atomic mass is 32.2. The Bertz CT molecular complexity index is 1120. The van der Waals surface area contributed by atoms with Gasteiger partial charge in [-0.1, -0.05) is 41.6 Å². The standard InChI is InChI=1S/C23H24N2O4S/c1-15-5-7-16(8-6-15)14-30-23-24-20-12-17(22(27)28-2)9-10-19(20)21(26)25(23)13-18-4-3-11-29-18/h5-10,12,18H,3-4,11,13-14H2,1-2H3. The molecule has 156 valence electrons. The molecule has 30 heavy (non-hydrogen) atoms. The fraction of sp³-hybridized carbons (Fsp3) is 0.348. The molecule has 1 aliphatic rings. The Morgan fingerprint density at radius 2 is 2.07 bits per heavy atom. The van der Waals surface area contributed by atoms with Gasteiger partial charge in [0.05, 0.1) is 36.2 Å². The minimum Gasteiger partial charge on any atom is -0.465 e. The molecule has 4 rings (SSSR count). The van der Waals surface area contributed by atoms with E-state index in [1.54, 1.807) is 22.8 Å². The molecule has 0 bridgehead atoms. The molecule has 1 aliphatic heterocycles. The highest BCUT2D eigenvalue weighted by Crippen LogP contribution is 2.25. The maximum absolute atomic E-state index is 13.3. The highest BCUT2D eigenvalue weighted by Gasteiger charge is 2.21. The van der Waals surface area contributed by atoms with Crippen molar-refractivity contribution in [3.8, 4) is 0 Å². The number of methoxy groups -OCH3 is 1. The average molecular weight is 425 g/mol. The maximum Gasteiger partial charge on any atom is 0.337 e. The third-order valence-electron chi connectivity index (χ3n) is 5.24. The first-order valence-corrected chi connectivity index (χ1v) is 11.0. The Morgan fingerprint density at radius 1 is 1.27 bits per heavy atom. The van der Waals surface area contributed by atoms with Crippen molar-refractivity contribution < 1.29 is 14.3 Å². The average Bonchev–Trinajstić information content (AvgIpc) is 3.28. The molecule has 1 saturated heterocycles. The van der Waals surface area contributed by atoms with Crippen molar-refractivity contribution in [2.45, 2.75) is 43.3 Å². The number of thioether (sulfide) groups is 1. The predicted molar refractivity (Wildman–Crippen MR) is 117 cm³/mol. The van der Waals surface area contributed by atoms with E-state index >= 15 is 0 Å². The lowest BCUT2D eigenvalue weighted by molar-refractivity contribution is 0.0601. The number of rotatable bonds is 6. The zero-order valence-electron chi connectivity index (χ0n) is 17.1. The Labute approximate surface area is 179 Å². The summed E-state index contributed by atoms with van der Waals surface area (Å²) in [6.07, 6.45) is 1.97. The number of hydrogen-bond donors (Lipinski definition) is 0. The van der Waals surface area contributed by atoms with E-state index in [4.69, 9.17) is 14.5 Å². The maximum atomic E-state index is 13.3. The van der Waals surface area contributed by atoms with Crippen LogP contribution in [0.1, 0.15) is 34.3 Å². The van der Waals surface area contributed by atoms with E-state index in [9.17, 15) is 9.59 Å². The molecule has 0 spiro atoms. The summed E-state index contributed by atoms with van der Waals surface area (Å²) in [5.74, 6) is 0.247.